The molecule has 0 saturated carbocycles. The van der Waals surface area contributed by atoms with Crippen molar-refractivity contribution in [3.63, 3.8) is 0 Å². The van der Waals surface area contributed by atoms with Gasteiger partial charge in [-0.05, 0) is 17.7 Å². The van der Waals surface area contributed by atoms with E-state index in [-0.39, 0.29) is 17.3 Å². The van der Waals surface area contributed by atoms with Gasteiger partial charge in [0.15, 0.2) is 20.2 Å². The molecule has 0 aliphatic carbocycles. The molecular formula is C13H13F2N3O3S3. The molecule has 0 radical (unpaired) electrons. The van der Waals surface area contributed by atoms with E-state index in [4.69, 9.17) is 10.5 Å². The third-order valence-corrected chi connectivity index (χ3v) is 5.82. The van der Waals surface area contributed by atoms with Crippen LogP contribution < -0.4 is 15.2 Å². The maximum atomic E-state index is 12.3. The van der Waals surface area contributed by atoms with Crippen LogP contribution in [-0.4, -0.2) is 35.6 Å². The SMILES string of the molecule is COc1cc(CSc2nnc(SCC(N)=O)s2)ccc1OC(F)F. The number of hydrogen-bond donors (Lipinski definition) is 1. The Balaban J connectivity index is 1.95. The zero-order valence-electron chi connectivity index (χ0n) is 12.4. The van der Waals surface area contributed by atoms with E-state index in [0.29, 0.717) is 10.1 Å². The molecule has 0 atom stereocenters. The number of methoxy groups -OCH3 is 1. The van der Waals surface area contributed by atoms with Gasteiger partial charge in [-0.3, -0.25) is 4.79 Å². The third-order valence-electron chi connectivity index (χ3n) is 2.53. The van der Waals surface area contributed by atoms with E-state index >= 15 is 0 Å². The fourth-order valence-electron chi connectivity index (χ4n) is 1.59. The molecule has 0 aliphatic heterocycles. The Labute approximate surface area is 149 Å². The number of ether oxygens (including phenoxy) is 2. The van der Waals surface area contributed by atoms with E-state index in [1.165, 1.54) is 48.0 Å². The molecule has 0 saturated heterocycles. The van der Waals surface area contributed by atoms with Crippen molar-refractivity contribution in [3.8, 4) is 11.5 Å². The number of nitrogens with zero attached hydrogens (tertiary/aromatic N) is 2. The van der Waals surface area contributed by atoms with Gasteiger partial charge in [0.05, 0.1) is 12.9 Å². The van der Waals surface area contributed by atoms with Crippen LogP contribution in [0, 0.1) is 0 Å². The molecule has 2 N–H and O–H groups in total. The number of nitrogens with two attached hydrogens (primary N) is 1. The number of thioether (sulfide) groups is 2. The molecule has 1 aromatic heterocycles. The lowest BCUT2D eigenvalue weighted by Crippen LogP contribution is -2.12. The molecule has 0 unspecified atom stereocenters. The van der Waals surface area contributed by atoms with Gasteiger partial charge in [-0.1, -0.05) is 40.9 Å². The number of primary amides is 1. The topological polar surface area (TPSA) is 87.3 Å². The quantitative estimate of drug-likeness (QED) is 0.655. The van der Waals surface area contributed by atoms with E-state index < -0.39 is 12.5 Å². The van der Waals surface area contributed by atoms with Gasteiger partial charge in [-0.25, -0.2) is 0 Å². The fraction of sp³-hybridized carbons (Fsp3) is 0.308. The minimum Gasteiger partial charge on any atom is -0.493 e. The normalized spacial score (nSPS) is 10.8. The minimum absolute atomic E-state index is 0.0118. The Morgan fingerprint density at radius 3 is 2.62 bits per heavy atom. The molecule has 0 fully saturated rings. The highest BCUT2D eigenvalue weighted by Crippen LogP contribution is 2.34. The first-order valence-electron chi connectivity index (χ1n) is 6.47. The summed E-state index contributed by atoms with van der Waals surface area (Å²) in [4.78, 5) is 10.7. The summed E-state index contributed by atoms with van der Waals surface area (Å²) in [5.41, 5.74) is 5.93. The first-order valence-corrected chi connectivity index (χ1v) is 9.26. The van der Waals surface area contributed by atoms with Gasteiger partial charge >= 0.3 is 6.61 Å². The summed E-state index contributed by atoms with van der Waals surface area (Å²) in [7, 11) is 1.39. The molecule has 0 bridgehead atoms. The van der Waals surface area contributed by atoms with Gasteiger partial charge < -0.3 is 15.2 Å². The molecule has 6 nitrogen and oxygen atoms in total. The van der Waals surface area contributed by atoms with Gasteiger partial charge in [0.1, 0.15) is 0 Å². The third kappa shape index (κ3) is 5.80. The second kappa shape index (κ2) is 9.04. The summed E-state index contributed by atoms with van der Waals surface area (Å²) in [6.45, 7) is -2.91. The molecule has 1 aromatic carbocycles. The van der Waals surface area contributed by atoms with Crippen molar-refractivity contribution in [2.24, 2.45) is 5.73 Å². The van der Waals surface area contributed by atoms with E-state index in [1.54, 1.807) is 12.1 Å². The van der Waals surface area contributed by atoms with Crippen molar-refractivity contribution in [1.82, 2.24) is 10.2 Å². The summed E-state index contributed by atoms with van der Waals surface area (Å²) in [6, 6.07) is 4.75. The Bertz CT molecular complexity index is 700. The van der Waals surface area contributed by atoms with Crippen LogP contribution >= 0.6 is 34.9 Å². The number of rotatable bonds is 9. The first-order chi connectivity index (χ1) is 11.5. The predicted octanol–water partition coefficient (Wildman–Crippen LogP) is 3.02. The highest BCUT2D eigenvalue weighted by molar-refractivity contribution is 8.03. The van der Waals surface area contributed by atoms with Crippen molar-refractivity contribution < 1.29 is 23.0 Å². The smallest absolute Gasteiger partial charge is 0.387 e. The summed E-state index contributed by atoms with van der Waals surface area (Å²) in [6.07, 6.45) is 0. The number of carbonyl (C=O) groups is 1. The second-order valence-corrected chi connectivity index (χ2v) is 7.66. The summed E-state index contributed by atoms with van der Waals surface area (Å²) < 4.78 is 35.4. The van der Waals surface area contributed by atoms with Gasteiger partial charge in [0, 0.05) is 5.75 Å². The van der Waals surface area contributed by atoms with Gasteiger partial charge in [0.2, 0.25) is 5.91 Å². The lowest BCUT2D eigenvalue weighted by molar-refractivity contribution is -0.115. The largest absolute Gasteiger partial charge is 0.493 e. The first kappa shape index (κ1) is 18.7. The molecular weight excluding hydrogens is 380 g/mol. The van der Waals surface area contributed by atoms with Crippen LogP contribution in [-0.2, 0) is 10.5 Å². The fourth-order valence-corrected chi connectivity index (χ4v) is 4.29. The molecule has 2 aromatic rings. The standard InChI is InChI=1S/C13H13F2N3O3S3/c1-20-9-4-7(2-3-8(9)21-11(14)15)5-22-12-17-18-13(24-12)23-6-10(16)19/h2-4,11H,5-6H2,1H3,(H2,16,19). The van der Waals surface area contributed by atoms with E-state index in [2.05, 4.69) is 14.9 Å². The number of carbonyl (C=O) groups excluding carboxylic acids is 1. The van der Waals surface area contributed by atoms with Crippen molar-refractivity contribution >= 4 is 40.8 Å². The van der Waals surface area contributed by atoms with Crippen molar-refractivity contribution in [3.05, 3.63) is 23.8 Å². The van der Waals surface area contributed by atoms with E-state index in [0.717, 1.165) is 9.90 Å². The average Bonchev–Trinajstić information content (AvgIpc) is 2.99. The average molecular weight is 393 g/mol. The molecule has 2 rings (SSSR count). The van der Waals surface area contributed by atoms with Crippen LogP contribution in [0.3, 0.4) is 0 Å². The van der Waals surface area contributed by atoms with Crippen LogP contribution in [0.2, 0.25) is 0 Å². The molecule has 130 valence electrons. The summed E-state index contributed by atoms with van der Waals surface area (Å²) >= 11 is 4.03. The van der Waals surface area contributed by atoms with Crippen molar-refractivity contribution in [1.29, 1.82) is 0 Å². The van der Waals surface area contributed by atoms with Gasteiger partial charge in [-0.15, -0.1) is 10.2 Å². The zero-order valence-corrected chi connectivity index (χ0v) is 14.9. The Morgan fingerprint density at radius 1 is 1.29 bits per heavy atom. The number of aromatic nitrogens is 2. The lowest BCUT2D eigenvalue weighted by Gasteiger charge is -2.10. The van der Waals surface area contributed by atoms with Crippen LogP contribution in [0.4, 0.5) is 8.78 Å². The number of amides is 1. The lowest BCUT2D eigenvalue weighted by atomic mass is 10.2. The van der Waals surface area contributed by atoms with E-state index in [1.807, 2.05) is 0 Å². The van der Waals surface area contributed by atoms with Crippen LogP contribution in [0.15, 0.2) is 26.9 Å². The predicted molar refractivity (Wildman–Crippen MR) is 89.0 cm³/mol. The van der Waals surface area contributed by atoms with Crippen LogP contribution in [0.1, 0.15) is 5.56 Å². The Hall–Kier alpha value is -1.59. The molecule has 24 heavy (non-hydrogen) atoms. The highest BCUT2D eigenvalue weighted by Gasteiger charge is 2.12. The van der Waals surface area contributed by atoms with Crippen LogP contribution in [0.5, 0.6) is 11.5 Å². The van der Waals surface area contributed by atoms with Gasteiger partial charge in [-0.2, -0.15) is 8.78 Å². The maximum Gasteiger partial charge on any atom is 0.387 e. The number of halogens is 2. The number of hydrogen-bond acceptors (Lipinski definition) is 8. The minimum atomic E-state index is -2.91. The number of alkyl halides is 2. The highest BCUT2D eigenvalue weighted by atomic mass is 32.2. The molecule has 0 aliphatic rings. The monoisotopic (exact) mass is 393 g/mol. The molecule has 1 amide bonds. The Morgan fingerprint density at radius 2 is 2.00 bits per heavy atom. The Kier molecular flexibility index (Phi) is 7.06. The van der Waals surface area contributed by atoms with E-state index in [9.17, 15) is 13.6 Å². The van der Waals surface area contributed by atoms with Crippen LogP contribution in [0.25, 0.3) is 0 Å². The second-order valence-electron chi connectivity index (χ2n) is 4.24. The number of benzene rings is 1. The van der Waals surface area contributed by atoms with Crippen molar-refractivity contribution in [2.45, 2.75) is 21.0 Å². The molecule has 1 heterocycles. The zero-order chi connectivity index (χ0) is 17.5. The molecule has 11 heteroatoms. The maximum absolute atomic E-state index is 12.3. The summed E-state index contributed by atoms with van der Waals surface area (Å²) in [5, 5.41) is 7.97. The summed E-state index contributed by atoms with van der Waals surface area (Å²) in [5.74, 6) is 0.524. The van der Waals surface area contributed by atoms with Gasteiger partial charge in [0.25, 0.3) is 0 Å². The molecule has 0 spiro atoms. The van der Waals surface area contributed by atoms with Crippen molar-refractivity contribution in [2.75, 3.05) is 12.9 Å².